The van der Waals surface area contributed by atoms with Crippen LogP contribution >= 0.6 is 0 Å². The van der Waals surface area contributed by atoms with Crippen LogP contribution in [0.25, 0.3) is 0 Å². The average Bonchev–Trinajstić information content (AvgIpc) is 2.30. The van der Waals surface area contributed by atoms with Crippen LogP contribution in [0.4, 0.5) is 0 Å². The van der Waals surface area contributed by atoms with Gasteiger partial charge in [0.1, 0.15) is 0 Å². The van der Waals surface area contributed by atoms with Crippen LogP contribution in [-0.4, -0.2) is 17.0 Å². The van der Waals surface area contributed by atoms with Gasteiger partial charge in [0.2, 0.25) is 0 Å². The monoisotopic (exact) mass is 251 g/mol. The highest BCUT2D eigenvalue weighted by Crippen LogP contribution is 2.13. The lowest BCUT2D eigenvalue weighted by atomic mass is 9.98. The Morgan fingerprint density at radius 1 is 1.39 bits per heavy atom. The maximum Gasteiger partial charge on any atom is 0.328 e. The molecule has 0 spiro atoms. The summed E-state index contributed by atoms with van der Waals surface area (Å²) < 4.78 is 0. The lowest BCUT2D eigenvalue weighted by Crippen LogP contribution is -2.27. The van der Waals surface area contributed by atoms with Gasteiger partial charge in [0.15, 0.2) is 0 Å². The van der Waals surface area contributed by atoms with Crippen molar-refractivity contribution >= 4 is 11.9 Å². The van der Waals surface area contributed by atoms with Gasteiger partial charge in [0.05, 0.1) is 5.97 Å². The Morgan fingerprint density at radius 3 is 2.44 bits per heavy atom. The van der Waals surface area contributed by atoms with Gasteiger partial charge in [-0.1, -0.05) is 32.1 Å². The van der Waals surface area contributed by atoms with Crippen LogP contribution in [0.5, 0.6) is 0 Å². The lowest BCUT2D eigenvalue weighted by molar-refractivity contribution is -0.299. The molecule has 0 fully saturated rings. The Bertz CT molecular complexity index is 366. The molecular weight excluding hydrogens is 232 g/mol. The number of carbonyl (C=O) groups excluding carboxylic acids is 1. The van der Waals surface area contributed by atoms with Gasteiger partial charge < -0.3 is 15.0 Å². The third kappa shape index (κ3) is 6.68. The third-order valence-electron chi connectivity index (χ3n) is 2.62. The maximum absolute atomic E-state index is 10.8. The Kier molecular flexibility index (Phi) is 7.43. The molecular formula is C14H19O4-. The number of rotatable bonds is 8. The van der Waals surface area contributed by atoms with Crippen LogP contribution in [0.15, 0.2) is 36.5 Å². The van der Waals surface area contributed by atoms with E-state index in [0.717, 1.165) is 12.8 Å². The smallest absolute Gasteiger partial charge is 0.328 e. The van der Waals surface area contributed by atoms with Gasteiger partial charge in [-0.3, -0.25) is 0 Å². The fourth-order valence-corrected chi connectivity index (χ4v) is 1.39. The van der Waals surface area contributed by atoms with Gasteiger partial charge >= 0.3 is 5.97 Å². The van der Waals surface area contributed by atoms with Crippen molar-refractivity contribution in [3.05, 3.63) is 36.5 Å². The first-order valence-electron chi connectivity index (χ1n) is 5.83. The van der Waals surface area contributed by atoms with Gasteiger partial charge in [-0.15, -0.1) is 6.58 Å². The Labute approximate surface area is 107 Å². The molecule has 0 aromatic heterocycles. The SMILES string of the molecule is C=CC(C)CC/C=C/C(C)/C(=C/C(=O)O)C(=O)[O-]. The van der Waals surface area contributed by atoms with Crippen molar-refractivity contribution in [3.63, 3.8) is 0 Å². The molecule has 4 nitrogen and oxygen atoms in total. The number of aliphatic carboxylic acids is 2. The minimum atomic E-state index is -1.45. The average molecular weight is 251 g/mol. The summed E-state index contributed by atoms with van der Waals surface area (Å²) in [5.74, 6) is -2.81. The van der Waals surface area contributed by atoms with E-state index in [9.17, 15) is 14.7 Å². The predicted octanol–water partition coefficient (Wildman–Crippen LogP) is 1.54. The molecule has 0 aliphatic rings. The molecule has 100 valence electrons. The van der Waals surface area contributed by atoms with Crippen LogP contribution in [-0.2, 0) is 9.59 Å². The van der Waals surface area contributed by atoms with E-state index in [1.807, 2.05) is 19.1 Å². The zero-order valence-corrected chi connectivity index (χ0v) is 10.8. The quantitative estimate of drug-likeness (QED) is 0.524. The summed E-state index contributed by atoms with van der Waals surface area (Å²) in [5, 5.41) is 19.3. The van der Waals surface area contributed by atoms with Crippen LogP contribution in [0.3, 0.4) is 0 Å². The van der Waals surface area contributed by atoms with E-state index in [2.05, 4.69) is 6.58 Å². The number of hydrogen-bond donors (Lipinski definition) is 1. The van der Waals surface area contributed by atoms with Crippen LogP contribution < -0.4 is 5.11 Å². The van der Waals surface area contributed by atoms with Gasteiger partial charge in [0.25, 0.3) is 0 Å². The van der Waals surface area contributed by atoms with Crippen molar-refractivity contribution in [2.75, 3.05) is 0 Å². The van der Waals surface area contributed by atoms with E-state index < -0.39 is 17.9 Å². The number of carboxylic acids is 2. The van der Waals surface area contributed by atoms with E-state index in [1.54, 1.807) is 13.0 Å². The normalized spacial score (nSPS) is 15.3. The Hall–Kier alpha value is -1.84. The summed E-state index contributed by atoms with van der Waals surface area (Å²) in [7, 11) is 0. The highest BCUT2D eigenvalue weighted by Gasteiger charge is 2.08. The molecule has 2 atom stereocenters. The Balaban J connectivity index is 4.48. The summed E-state index contributed by atoms with van der Waals surface area (Å²) in [6, 6.07) is 0. The minimum absolute atomic E-state index is 0.226. The highest BCUT2D eigenvalue weighted by atomic mass is 16.4. The van der Waals surface area contributed by atoms with Crippen molar-refractivity contribution < 1.29 is 19.8 Å². The first-order chi connectivity index (χ1) is 8.38. The second-order valence-corrected chi connectivity index (χ2v) is 4.23. The molecule has 18 heavy (non-hydrogen) atoms. The third-order valence-corrected chi connectivity index (χ3v) is 2.62. The molecule has 0 rings (SSSR count). The summed E-state index contributed by atoms with van der Waals surface area (Å²) in [6.45, 7) is 7.34. The highest BCUT2D eigenvalue weighted by molar-refractivity contribution is 5.94. The molecule has 0 heterocycles. The van der Waals surface area contributed by atoms with Crippen molar-refractivity contribution in [1.82, 2.24) is 0 Å². The minimum Gasteiger partial charge on any atom is -0.545 e. The molecule has 0 aliphatic heterocycles. The lowest BCUT2D eigenvalue weighted by Gasteiger charge is -2.12. The van der Waals surface area contributed by atoms with Crippen LogP contribution in [0.2, 0.25) is 0 Å². The molecule has 0 radical (unpaired) electrons. The fraction of sp³-hybridized carbons (Fsp3) is 0.429. The summed E-state index contributed by atoms with van der Waals surface area (Å²) in [4.78, 5) is 21.2. The zero-order valence-electron chi connectivity index (χ0n) is 10.8. The molecule has 0 aromatic carbocycles. The second-order valence-electron chi connectivity index (χ2n) is 4.23. The van der Waals surface area contributed by atoms with E-state index >= 15 is 0 Å². The van der Waals surface area contributed by atoms with Crippen LogP contribution in [0.1, 0.15) is 26.7 Å². The summed E-state index contributed by atoms with van der Waals surface area (Å²) in [6.07, 6.45) is 7.79. The first-order valence-corrected chi connectivity index (χ1v) is 5.83. The van der Waals surface area contributed by atoms with E-state index in [4.69, 9.17) is 5.11 Å². The molecule has 4 heteroatoms. The van der Waals surface area contributed by atoms with Gasteiger partial charge in [-0.05, 0) is 24.3 Å². The largest absolute Gasteiger partial charge is 0.545 e. The molecule has 2 unspecified atom stereocenters. The van der Waals surface area contributed by atoms with Crippen molar-refractivity contribution in [2.24, 2.45) is 11.8 Å². The fourth-order valence-electron chi connectivity index (χ4n) is 1.39. The molecule has 0 saturated carbocycles. The molecule has 1 N–H and O–H groups in total. The van der Waals surface area contributed by atoms with E-state index in [0.29, 0.717) is 12.0 Å². The maximum atomic E-state index is 10.8. The van der Waals surface area contributed by atoms with Crippen LogP contribution in [0, 0.1) is 11.8 Å². The molecule has 0 aliphatic carbocycles. The first kappa shape index (κ1) is 16.2. The van der Waals surface area contributed by atoms with Crippen molar-refractivity contribution in [1.29, 1.82) is 0 Å². The predicted molar refractivity (Wildman–Crippen MR) is 67.6 cm³/mol. The number of carboxylic acid groups (broad SMARTS) is 2. The molecule has 0 bridgehead atoms. The molecule has 0 saturated heterocycles. The second kappa shape index (κ2) is 8.28. The van der Waals surface area contributed by atoms with Gasteiger partial charge in [-0.25, -0.2) is 4.79 Å². The number of hydrogen-bond acceptors (Lipinski definition) is 3. The topological polar surface area (TPSA) is 77.4 Å². The van der Waals surface area contributed by atoms with Crippen molar-refractivity contribution in [2.45, 2.75) is 26.7 Å². The zero-order chi connectivity index (χ0) is 14.1. The van der Waals surface area contributed by atoms with Gasteiger partial charge in [-0.2, -0.15) is 0 Å². The Morgan fingerprint density at radius 2 is 2.00 bits per heavy atom. The number of allylic oxidation sites excluding steroid dienone is 3. The van der Waals surface area contributed by atoms with E-state index in [1.165, 1.54) is 0 Å². The standard InChI is InChI=1S/C14H20O4/c1-4-10(2)7-5-6-8-11(3)12(14(17)18)9-13(15)16/h4,6,8-11H,1,5,7H2,2-3H3,(H,15,16)(H,17,18)/p-1/b8-6+,12-9-. The molecule has 0 amide bonds. The summed E-state index contributed by atoms with van der Waals surface area (Å²) in [5.41, 5.74) is -0.226. The summed E-state index contributed by atoms with van der Waals surface area (Å²) >= 11 is 0. The molecule has 0 aromatic rings. The van der Waals surface area contributed by atoms with Crippen molar-refractivity contribution in [3.8, 4) is 0 Å². The van der Waals surface area contributed by atoms with Gasteiger partial charge in [0, 0.05) is 12.0 Å². The van der Waals surface area contributed by atoms with E-state index in [-0.39, 0.29) is 5.57 Å². The number of carbonyl (C=O) groups is 2.